The third kappa shape index (κ3) is 78.0. The Morgan fingerprint density at radius 1 is 0.262 bits per heavy atom. The van der Waals surface area contributed by atoms with Crippen LogP contribution in [0.15, 0.2) is 0 Å². The maximum absolute atomic E-state index is 13.1. The van der Waals surface area contributed by atoms with Crippen LogP contribution in [-0.2, 0) is 65.4 Å². The molecule has 0 aliphatic rings. The number of esters is 4. The van der Waals surface area contributed by atoms with Gasteiger partial charge >= 0.3 is 39.5 Å². The second-order valence-corrected chi connectivity index (χ2v) is 34.6. The van der Waals surface area contributed by atoms with E-state index in [0.717, 1.165) is 108 Å². The van der Waals surface area contributed by atoms with Crippen LogP contribution in [0.25, 0.3) is 0 Å². The van der Waals surface area contributed by atoms with Gasteiger partial charge in [0, 0.05) is 25.7 Å². The van der Waals surface area contributed by atoms with Crippen LogP contribution >= 0.6 is 15.6 Å². The number of phosphoric acid groups is 2. The van der Waals surface area contributed by atoms with Crippen molar-refractivity contribution in [1.29, 1.82) is 0 Å². The molecule has 0 aromatic rings. The van der Waals surface area contributed by atoms with Crippen LogP contribution in [0.2, 0.25) is 0 Å². The van der Waals surface area contributed by atoms with Crippen molar-refractivity contribution in [2.75, 3.05) is 39.6 Å². The normalized spacial score (nSPS) is 13.9. The molecule has 0 aliphatic heterocycles. The summed E-state index contributed by atoms with van der Waals surface area (Å²) in [6, 6.07) is 0. The van der Waals surface area contributed by atoms with Crippen molar-refractivity contribution in [3.8, 4) is 0 Å². The molecule has 19 heteroatoms. The van der Waals surface area contributed by atoms with Gasteiger partial charge < -0.3 is 33.8 Å². The number of hydrogen-bond donors (Lipinski definition) is 3. The highest BCUT2D eigenvalue weighted by molar-refractivity contribution is 7.47. The maximum atomic E-state index is 13.1. The van der Waals surface area contributed by atoms with Crippen LogP contribution in [-0.4, -0.2) is 96.7 Å². The second kappa shape index (κ2) is 74.2. The highest BCUT2D eigenvalue weighted by Gasteiger charge is 2.30. The molecule has 17 nitrogen and oxygen atoms in total. The minimum absolute atomic E-state index is 0.106. The van der Waals surface area contributed by atoms with Gasteiger partial charge in [-0.15, -0.1) is 0 Å². The number of aliphatic hydroxyl groups excluding tert-OH is 1. The van der Waals surface area contributed by atoms with Gasteiger partial charge in [-0.05, 0) is 43.4 Å². The second-order valence-electron chi connectivity index (χ2n) is 31.6. The molecule has 0 bridgehead atoms. The zero-order valence-corrected chi connectivity index (χ0v) is 69.6. The first-order valence-corrected chi connectivity index (χ1v) is 46.3. The fraction of sp³-hybridized carbons (Fsp3) is 0.952. The largest absolute Gasteiger partial charge is 0.472 e. The van der Waals surface area contributed by atoms with Crippen LogP contribution in [0.4, 0.5) is 0 Å². The van der Waals surface area contributed by atoms with Crippen LogP contribution in [0.1, 0.15) is 440 Å². The number of hydrogen-bond acceptors (Lipinski definition) is 15. The summed E-state index contributed by atoms with van der Waals surface area (Å²) in [4.78, 5) is 73.1. The predicted molar refractivity (Wildman–Crippen MR) is 423 cm³/mol. The molecule has 0 aliphatic carbocycles. The lowest BCUT2D eigenvalue weighted by molar-refractivity contribution is -0.161. The quantitative estimate of drug-likeness (QED) is 0.0222. The number of unbranched alkanes of at least 4 members (excludes halogenated alkanes) is 50. The molecule has 0 spiro atoms. The Hall–Kier alpha value is -1.94. The van der Waals surface area contributed by atoms with Crippen molar-refractivity contribution in [1.82, 2.24) is 0 Å². The Morgan fingerprint density at radius 2 is 0.447 bits per heavy atom. The van der Waals surface area contributed by atoms with Crippen molar-refractivity contribution in [3.63, 3.8) is 0 Å². The maximum Gasteiger partial charge on any atom is 0.472 e. The number of carbonyl (C=O) groups is 4. The predicted octanol–water partition coefficient (Wildman–Crippen LogP) is 25.3. The molecular formula is C84H164O17P2. The van der Waals surface area contributed by atoms with Gasteiger partial charge in [0.2, 0.25) is 0 Å². The summed E-state index contributed by atoms with van der Waals surface area (Å²) >= 11 is 0. The van der Waals surface area contributed by atoms with Gasteiger partial charge in [-0.3, -0.25) is 37.3 Å². The zero-order chi connectivity index (χ0) is 75.8. The fourth-order valence-electron chi connectivity index (χ4n) is 13.0. The summed E-state index contributed by atoms with van der Waals surface area (Å²) in [6.07, 6.45) is 63.9. The van der Waals surface area contributed by atoms with E-state index >= 15 is 0 Å². The molecule has 0 aromatic carbocycles. The van der Waals surface area contributed by atoms with E-state index in [1.165, 1.54) is 250 Å². The van der Waals surface area contributed by atoms with E-state index in [4.69, 9.17) is 37.0 Å². The summed E-state index contributed by atoms with van der Waals surface area (Å²) in [7, 11) is -9.93. The highest BCUT2D eigenvalue weighted by atomic mass is 31.2. The van der Waals surface area contributed by atoms with Crippen LogP contribution < -0.4 is 0 Å². The average molecular weight is 1510 g/mol. The fourth-order valence-corrected chi connectivity index (χ4v) is 14.6. The van der Waals surface area contributed by atoms with E-state index in [-0.39, 0.29) is 25.7 Å². The zero-order valence-electron chi connectivity index (χ0n) is 67.8. The molecule has 612 valence electrons. The van der Waals surface area contributed by atoms with Crippen molar-refractivity contribution in [2.24, 2.45) is 17.8 Å². The van der Waals surface area contributed by atoms with Crippen LogP contribution in [0.3, 0.4) is 0 Å². The topological polar surface area (TPSA) is 237 Å². The first-order valence-electron chi connectivity index (χ1n) is 43.3. The Kier molecular flexibility index (Phi) is 72.8. The number of carbonyl (C=O) groups excluding carboxylic acids is 4. The Bertz CT molecular complexity index is 1990. The molecule has 0 radical (unpaired) electrons. The number of aliphatic hydroxyl groups is 1. The molecular weight excluding hydrogens is 1340 g/mol. The Labute approximate surface area is 632 Å². The Morgan fingerprint density at radius 3 is 0.660 bits per heavy atom. The first kappa shape index (κ1) is 101. The Balaban J connectivity index is 5.23. The SMILES string of the molecule is CCCCCCCCCCCCCCCCCCCCCCCCC(=O)O[C@H](COC(=O)CCCCCCCCCCCCCCC(C)C)COP(=O)(O)OC[C@@H](O)COP(=O)(O)OC[C@@H](COC(=O)CCCCCCCCCCCC(C)C)OC(=O)CCCCCCCCCCCCCC(C)C. The van der Waals surface area contributed by atoms with Gasteiger partial charge in [0.15, 0.2) is 12.2 Å². The van der Waals surface area contributed by atoms with Crippen LogP contribution in [0.5, 0.6) is 0 Å². The molecule has 5 atom stereocenters. The van der Waals surface area contributed by atoms with Gasteiger partial charge in [-0.25, -0.2) is 9.13 Å². The molecule has 0 rings (SSSR count). The lowest BCUT2D eigenvalue weighted by atomic mass is 10.0. The van der Waals surface area contributed by atoms with Crippen molar-refractivity contribution in [3.05, 3.63) is 0 Å². The third-order valence-corrected chi connectivity index (χ3v) is 21.5. The molecule has 0 aromatic heterocycles. The highest BCUT2D eigenvalue weighted by Crippen LogP contribution is 2.45. The van der Waals surface area contributed by atoms with Crippen LogP contribution in [0, 0.1) is 17.8 Å². The molecule has 2 unspecified atom stereocenters. The smallest absolute Gasteiger partial charge is 0.462 e. The summed E-state index contributed by atoms with van der Waals surface area (Å²) < 4.78 is 68.8. The minimum atomic E-state index is -4.96. The van der Waals surface area contributed by atoms with E-state index in [2.05, 4.69) is 48.5 Å². The van der Waals surface area contributed by atoms with Gasteiger partial charge in [0.25, 0.3) is 0 Å². The molecule has 103 heavy (non-hydrogen) atoms. The molecule has 0 amide bonds. The summed E-state index contributed by atoms with van der Waals surface area (Å²) in [5, 5.41) is 10.7. The molecule has 0 saturated carbocycles. The molecule has 0 heterocycles. The van der Waals surface area contributed by atoms with E-state index < -0.39 is 97.5 Å². The molecule has 0 fully saturated rings. The molecule has 3 N–H and O–H groups in total. The number of phosphoric ester groups is 2. The van der Waals surface area contributed by atoms with E-state index in [1.807, 2.05) is 0 Å². The molecule has 0 saturated heterocycles. The monoisotopic (exact) mass is 1510 g/mol. The average Bonchev–Trinajstić information content (AvgIpc) is 0.913. The summed E-state index contributed by atoms with van der Waals surface area (Å²) in [5.41, 5.74) is 0. The van der Waals surface area contributed by atoms with E-state index in [0.29, 0.717) is 25.7 Å². The first-order chi connectivity index (χ1) is 49.7. The van der Waals surface area contributed by atoms with Crippen molar-refractivity contribution < 1.29 is 80.2 Å². The summed E-state index contributed by atoms with van der Waals surface area (Å²) in [5.74, 6) is 0.182. The lowest BCUT2D eigenvalue weighted by Crippen LogP contribution is -2.30. The lowest BCUT2D eigenvalue weighted by Gasteiger charge is -2.21. The van der Waals surface area contributed by atoms with Gasteiger partial charge in [-0.1, -0.05) is 389 Å². The van der Waals surface area contributed by atoms with E-state index in [9.17, 15) is 43.2 Å². The number of ether oxygens (including phenoxy) is 4. The van der Waals surface area contributed by atoms with Gasteiger partial charge in [0.05, 0.1) is 26.4 Å². The van der Waals surface area contributed by atoms with Gasteiger partial charge in [-0.2, -0.15) is 0 Å². The number of rotatable bonds is 82. The summed E-state index contributed by atoms with van der Waals surface area (Å²) in [6.45, 7) is 12.0. The van der Waals surface area contributed by atoms with Crippen molar-refractivity contribution in [2.45, 2.75) is 458 Å². The third-order valence-electron chi connectivity index (χ3n) is 19.6. The standard InChI is InChI=1S/C84H164O17P2/c1-8-9-10-11-12-13-14-15-16-17-18-19-20-21-22-23-24-31-38-46-53-60-67-83(88)100-79(71-94-81(86)65-58-51-44-37-30-26-25-28-34-41-48-55-62-75(2)3)73-98-102(90,91)96-69-78(85)70-97-103(92,93)99-74-80(72-95-82(87)66-59-52-45-40-33-36-43-50-57-64-77(6)7)101-84(89)68-61-54-47-39-32-27-29-35-42-49-56-63-76(4)5/h75-80,85H,8-74H2,1-7H3,(H,90,91)(H,92,93)/t78-,79-,80-/m1/s1. The van der Waals surface area contributed by atoms with E-state index in [1.54, 1.807) is 0 Å². The minimum Gasteiger partial charge on any atom is -0.462 e. The van der Waals surface area contributed by atoms with Gasteiger partial charge in [0.1, 0.15) is 19.3 Å². The van der Waals surface area contributed by atoms with Crippen molar-refractivity contribution >= 4 is 39.5 Å².